The Morgan fingerprint density at radius 3 is 2.94 bits per heavy atom. The third-order valence-corrected chi connectivity index (χ3v) is 4.00. The predicted molar refractivity (Wildman–Crippen MR) is 68.3 cm³/mol. The number of methoxy groups -OCH3 is 1. The van der Waals surface area contributed by atoms with Gasteiger partial charge in [-0.25, -0.2) is 0 Å². The molecule has 1 aliphatic rings. The van der Waals surface area contributed by atoms with Crippen LogP contribution in [0.4, 0.5) is 5.69 Å². The van der Waals surface area contributed by atoms with E-state index in [1.807, 2.05) is 6.07 Å². The summed E-state index contributed by atoms with van der Waals surface area (Å²) in [6.45, 7) is 2.79. The molecule has 1 aromatic rings. The van der Waals surface area contributed by atoms with Crippen molar-refractivity contribution in [2.75, 3.05) is 19.0 Å². The van der Waals surface area contributed by atoms with Gasteiger partial charge in [0.05, 0.1) is 17.5 Å². The fourth-order valence-electron chi connectivity index (χ4n) is 2.35. The number of anilines is 1. The van der Waals surface area contributed by atoms with Crippen LogP contribution in [0.3, 0.4) is 0 Å². The molecule has 0 saturated carbocycles. The second-order valence-corrected chi connectivity index (χ2v) is 4.92. The normalized spacial score (nSPS) is 28.3. The van der Waals surface area contributed by atoms with E-state index in [9.17, 15) is 0 Å². The van der Waals surface area contributed by atoms with Crippen LogP contribution in [0, 0.1) is 0 Å². The van der Waals surface area contributed by atoms with Gasteiger partial charge in [0.2, 0.25) is 0 Å². The number of alkyl halides is 1. The van der Waals surface area contributed by atoms with Gasteiger partial charge in [0.1, 0.15) is 0 Å². The van der Waals surface area contributed by atoms with Gasteiger partial charge in [-0.1, -0.05) is 25.1 Å². The van der Waals surface area contributed by atoms with E-state index in [4.69, 9.17) is 16.3 Å². The largest absolute Gasteiger partial charge is 0.382 e. The number of hydrogen-bond donors (Lipinski definition) is 1. The summed E-state index contributed by atoms with van der Waals surface area (Å²) in [5, 5.41) is 3.63. The first-order valence-corrected chi connectivity index (χ1v) is 6.14. The highest BCUT2D eigenvalue weighted by Crippen LogP contribution is 2.36. The van der Waals surface area contributed by atoms with Crippen molar-refractivity contribution in [1.82, 2.24) is 0 Å². The quantitative estimate of drug-likeness (QED) is 0.819. The SMILES string of the molecule is CC[C@@]1(COC)Nc2ccccc2C[C@@H]1Cl. The van der Waals surface area contributed by atoms with E-state index in [-0.39, 0.29) is 10.9 Å². The predicted octanol–water partition coefficient (Wildman–Crippen LogP) is 3.06. The molecule has 3 heteroatoms. The van der Waals surface area contributed by atoms with Gasteiger partial charge < -0.3 is 10.1 Å². The zero-order valence-electron chi connectivity index (χ0n) is 9.79. The molecule has 2 rings (SSSR count). The molecule has 0 aromatic heterocycles. The zero-order chi connectivity index (χ0) is 11.6. The molecule has 0 unspecified atom stereocenters. The van der Waals surface area contributed by atoms with Crippen molar-refractivity contribution < 1.29 is 4.74 Å². The molecule has 2 nitrogen and oxygen atoms in total. The molecule has 2 atom stereocenters. The van der Waals surface area contributed by atoms with E-state index < -0.39 is 0 Å². The maximum atomic E-state index is 6.50. The van der Waals surface area contributed by atoms with Crippen LogP contribution in [0.5, 0.6) is 0 Å². The monoisotopic (exact) mass is 239 g/mol. The zero-order valence-corrected chi connectivity index (χ0v) is 10.6. The number of fused-ring (bicyclic) bond motifs is 1. The summed E-state index contributed by atoms with van der Waals surface area (Å²) >= 11 is 6.50. The lowest BCUT2D eigenvalue weighted by molar-refractivity contribution is 0.135. The number of benzene rings is 1. The van der Waals surface area contributed by atoms with Crippen LogP contribution in [0.2, 0.25) is 0 Å². The molecule has 1 aliphatic heterocycles. The molecule has 0 amide bonds. The maximum absolute atomic E-state index is 6.50. The molecular weight excluding hydrogens is 222 g/mol. The van der Waals surface area contributed by atoms with Crippen LogP contribution >= 0.6 is 11.6 Å². The molecule has 1 heterocycles. The standard InChI is InChI=1S/C13H18ClNO/c1-3-13(9-16-2)12(14)8-10-6-4-5-7-11(10)15-13/h4-7,12,15H,3,8-9H2,1-2H3/t12-,13-/m0/s1. The first-order chi connectivity index (χ1) is 7.72. The van der Waals surface area contributed by atoms with Gasteiger partial charge >= 0.3 is 0 Å². The highest BCUT2D eigenvalue weighted by Gasteiger charge is 2.40. The third kappa shape index (κ3) is 1.92. The first kappa shape index (κ1) is 11.7. The molecule has 1 N–H and O–H groups in total. The average molecular weight is 240 g/mol. The van der Waals surface area contributed by atoms with Crippen LogP contribution < -0.4 is 5.32 Å². The van der Waals surface area contributed by atoms with Gasteiger partial charge in [0.25, 0.3) is 0 Å². The van der Waals surface area contributed by atoms with Crippen molar-refractivity contribution in [3.63, 3.8) is 0 Å². The second kappa shape index (κ2) is 4.64. The molecule has 0 radical (unpaired) electrons. The summed E-state index contributed by atoms with van der Waals surface area (Å²) in [5.41, 5.74) is 2.35. The van der Waals surface area contributed by atoms with Gasteiger partial charge in [-0.05, 0) is 24.5 Å². The fourth-order valence-corrected chi connectivity index (χ4v) is 2.79. The first-order valence-electron chi connectivity index (χ1n) is 5.71. The minimum absolute atomic E-state index is 0.0762. The van der Waals surface area contributed by atoms with Crippen LogP contribution in [0.25, 0.3) is 0 Å². The van der Waals surface area contributed by atoms with E-state index in [0.29, 0.717) is 6.61 Å². The Kier molecular flexibility index (Phi) is 3.41. The summed E-state index contributed by atoms with van der Waals surface area (Å²) in [5.74, 6) is 0. The topological polar surface area (TPSA) is 21.3 Å². The van der Waals surface area contributed by atoms with Crippen LogP contribution in [0.1, 0.15) is 18.9 Å². The Hall–Kier alpha value is -0.730. The van der Waals surface area contributed by atoms with Crippen molar-refractivity contribution in [1.29, 1.82) is 0 Å². The Balaban J connectivity index is 2.32. The van der Waals surface area contributed by atoms with Crippen molar-refractivity contribution in [3.8, 4) is 0 Å². The molecule has 0 spiro atoms. The molecule has 0 fully saturated rings. The minimum Gasteiger partial charge on any atom is -0.382 e. The van der Waals surface area contributed by atoms with Crippen molar-refractivity contribution in [2.24, 2.45) is 0 Å². The van der Waals surface area contributed by atoms with E-state index in [2.05, 4.69) is 30.4 Å². The number of ether oxygens (including phenoxy) is 1. The summed E-state index contributed by atoms with van der Waals surface area (Å²) < 4.78 is 5.31. The van der Waals surface area contributed by atoms with Gasteiger partial charge in [-0.3, -0.25) is 0 Å². The van der Waals surface area contributed by atoms with E-state index >= 15 is 0 Å². The van der Waals surface area contributed by atoms with Crippen LogP contribution in [0.15, 0.2) is 24.3 Å². The summed E-state index contributed by atoms with van der Waals surface area (Å²) in [4.78, 5) is 0. The van der Waals surface area contributed by atoms with E-state index in [1.54, 1.807) is 7.11 Å². The maximum Gasteiger partial charge on any atom is 0.0770 e. The minimum atomic E-state index is -0.134. The highest BCUT2D eigenvalue weighted by molar-refractivity contribution is 6.22. The fraction of sp³-hybridized carbons (Fsp3) is 0.538. The van der Waals surface area contributed by atoms with Gasteiger partial charge in [0.15, 0.2) is 0 Å². The molecule has 16 heavy (non-hydrogen) atoms. The Labute approximate surface area is 102 Å². The van der Waals surface area contributed by atoms with Gasteiger partial charge in [0, 0.05) is 12.8 Å². The molecule has 0 saturated heterocycles. The Morgan fingerprint density at radius 1 is 1.50 bits per heavy atom. The molecule has 0 aliphatic carbocycles. The number of nitrogens with one attached hydrogen (secondary N) is 1. The van der Waals surface area contributed by atoms with Crippen molar-refractivity contribution in [2.45, 2.75) is 30.7 Å². The lowest BCUT2D eigenvalue weighted by Gasteiger charge is -2.42. The van der Waals surface area contributed by atoms with Crippen molar-refractivity contribution >= 4 is 17.3 Å². The van der Waals surface area contributed by atoms with Gasteiger partial charge in [-0.2, -0.15) is 0 Å². The van der Waals surface area contributed by atoms with E-state index in [0.717, 1.165) is 12.8 Å². The Morgan fingerprint density at radius 2 is 2.25 bits per heavy atom. The molecule has 0 bridgehead atoms. The smallest absolute Gasteiger partial charge is 0.0770 e. The number of rotatable bonds is 3. The lowest BCUT2D eigenvalue weighted by Crippen LogP contribution is -2.53. The second-order valence-electron chi connectivity index (χ2n) is 4.40. The number of halogens is 1. The van der Waals surface area contributed by atoms with Gasteiger partial charge in [-0.15, -0.1) is 11.6 Å². The summed E-state index contributed by atoms with van der Waals surface area (Å²) in [7, 11) is 1.73. The average Bonchev–Trinajstić information content (AvgIpc) is 2.30. The van der Waals surface area contributed by atoms with E-state index in [1.165, 1.54) is 11.3 Å². The molecule has 88 valence electrons. The Bertz CT molecular complexity index is 369. The molecular formula is C13H18ClNO. The van der Waals surface area contributed by atoms with Crippen LogP contribution in [-0.2, 0) is 11.2 Å². The van der Waals surface area contributed by atoms with Crippen LogP contribution in [-0.4, -0.2) is 24.6 Å². The summed E-state index contributed by atoms with van der Waals surface area (Å²) in [6, 6.07) is 8.34. The van der Waals surface area contributed by atoms with Crippen molar-refractivity contribution in [3.05, 3.63) is 29.8 Å². The number of hydrogen-bond acceptors (Lipinski definition) is 2. The third-order valence-electron chi connectivity index (χ3n) is 3.43. The molecule has 1 aromatic carbocycles. The highest BCUT2D eigenvalue weighted by atomic mass is 35.5. The lowest BCUT2D eigenvalue weighted by atomic mass is 9.84. The number of para-hydroxylation sites is 1. The summed E-state index contributed by atoms with van der Waals surface area (Å²) in [6.07, 6.45) is 1.87.